The number of ether oxygens (including phenoxy) is 3. The van der Waals surface area contributed by atoms with E-state index >= 15 is 0 Å². The van der Waals surface area contributed by atoms with Gasteiger partial charge in [0.2, 0.25) is 5.75 Å². The molecule has 4 rings (SSSR count). The minimum Gasteiger partial charge on any atom is -0.494 e. The van der Waals surface area contributed by atoms with Crippen LogP contribution in [0.4, 0.5) is 5.69 Å². The molecule has 0 unspecified atom stereocenters. The van der Waals surface area contributed by atoms with Crippen LogP contribution in [0.5, 0.6) is 17.2 Å². The number of aromatic nitrogens is 2. The number of benzene rings is 3. The molecule has 1 aromatic heterocycles. The second kappa shape index (κ2) is 13.0. The zero-order valence-corrected chi connectivity index (χ0v) is 24.1. The fourth-order valence-corrected chi connectivity index (χ4v) is 4.53. The predicted octanol–water partition coefficient (Wildman–Crippen LogP) is 5.99. The molecule has 216 valence electrons. The van der Waals surface area contributed by atoms with Crippen molar-refractivity contribution in [3.63, 3.8) is 0 Å². The standard InChI is InChI=1S/C31H31N5O6/c1-6-40-27-14-20(5)24(17-23(27)19(3)4)30-34-25-11-9-8-10-22(25)31(37)35(30)33-18-21-15-26(36(38)39)29(42-13-12-32)28(16-21)41-7-2/h8-11,14-19H,6-7,13H2,1-5H3. The highest BCUT2D eigenvalue weighted by Gasteiger charge is 2.23. The van der Waals surface area contributed by atoms with E-state index in [-0.39, 0.29) is 29.6 Å². The van der Waals surface area contributed by atoms with E-state index < -0.39 is 22.8 Å². The zero-order chi connectivity index (χ0) is 30.4. The lowest BCUT2D eigenvalue weighted by molar-refractivity contribution is -0.385. The third-order valence-electron chi connectivity index (χ3n) is 6.43. The van der Waals surface area contributed by atoms with Gasteiger partial charge in [-0.3, -0.25) is 14.9 Å². The van der Waals surface area contributed by atoms with Gasteiger partial charge in [-0.2, -0.15) is 15.0 Å². The molecule has 4 aromatic rings. The van der Waals surface area contributed by atoms with Crippen LogP contribution in [0, 0.1) is 28.4 Å². The Morgan fingerprint density at radius 2 is 1.81 bits per heavy atom. The molecule has 0 aliphatic carbocycles. The lowest BCUT2D eigenvalue weighted by Crippen LogP contribution is -2.21. The van der Waals surface area contributed by atoms with Gasteiger partial charge < -0.3 is 14.2 Å². The summed E-state index contributed by atoms with van der Waals surface area (Å²) in [4.78, 5) is 29.8. The fraction of sp³-hybridized carbons (Fsp3) is 0.290. The number of nitrogens with zero attached hydrogens (tertiary/aromatic N) is 5. The SMILES string of the molecule is CCOc1cc(C)c(-c2nc3ccccc3c(=O)n2N=Cc2cc(OCC)c(OCC#N)c([N+](=O)[O-])c2)cc1C(C)C. The Morgan fingerprint density at radius 1 is 1.10 bits per heavy atom. The van der Waals surface area contributed by atoms with E-state index in [9.17, 15) is 14.9 Å². The number of rotatable bonds is 11. The summed E-state index contributed by atoms with van der Waals surface area (Å²) in [5.41, 5.74) is 2.49. The second-order valence-corrected chi connectivity index (χ2v) is 9.61. The molecule has 0 fully saturated rings. The van der Waals surface area contributed by atoms with Gasteiger partial charge in [0.1, 0.15) is 11.8 Å². The van der Waals surface area contributed by atoms with Gasteiger partial charge in [-0.25, -0.2) is 4.98 Å². The lowest BCUT2D eigenvalue weighted by atomic mass is 9.96. The molecule has 0 atom stereocenters. The summed E-state index contributed by atoms with van der Waals surface area (Å²) in [7, 11) is 0. The van der Waals surface area contributed by atoms with E-state index in [1.54, 1.807) is 37.3 Å². The van der Waals surface area contributed by atoms with Crippen LogP contribution in [0.2, 0.25) is 0 Å². The topological polar surface area (TPSA) is 142 Å². The van der Waals surface area contributed by atoms with E-state index in [0.717, 1.165) is 16.9 Å². The molecule has 11 nitrogen and oxygen atoms in total. The van der Waals surface area contributed by atoms with Gasteiger partial charge >= 0.3 is 5.69 Å². The molecule has 1 heterocycles. The Balaban J connectivity index is 1.95. The minimum absolute atomic E-state index is 0.0801. The van der Waals surface area contributed by atoms with Crippen LogP contribution in [-0.2, 0) is 0 Å². The predicted molar refractivity (Wildman–Crippen MR) is 160 cm³/mol. The van der Waals surface area contributed by atoms with Crippen LogP contribution in [-0.4, -0.2) is 40.6 Å². The molecule has 0 radical (unpaired) electrons. The minimum atomic E-state index is -0.627. The summed E-state index contributed by atoms with van der Waals surface area (Å²) in [6.07, 6.45) is 1.33. The number of nitro benzene ring substituents is 1. The van der Waals surface area contributed by atoms with Crippen LogP contribution in [0.15, 0.2) is 58.4 Å². The average molecular weight is 570 g/mol. The largest absolute Gasteiger partial charge is 0.494 e. The van der Waals surface area contributed by atoms with E-state index in [1.807, 2.05) is 26.0 Å². The van der Waals surface area contributed by atoms with Crippen LogP contribution >= 0.6 is 0 Å². The summed E-state index contributed by atoms with van der Waals surface area (Å²) < 4.78 is 18.0. The Labute approximate surface area is 242 Å². The highest BCUT2D eigenvalue weighted by Crippen LogP contribution is 2.38. The summed E-state index contributed by atoms with van der Waals surface area (Å²) in [5.74, 6) is 1.13. The molecular formula is C31H31N5O6. The first-order valence-corrected chi connectivity index (χ1v) is 13.5. The molecule has 0 spiro atoms. The smallest absolute Gasteiger partial charge is 0.315 e. The van der Waals surface area contributed by atoms with Crippen molar-refractivity contribution in [1.29, 1.82) is 5.26 Å². The number of hydrogen-bond donors (Lipinski definition) is 0. The molecular weight excluding hydrogens is 538 g/mol. The van der Waals surface area contributed by atoms with Crippen molar-refractivity contribution in [3.05, 3.63) is 85.7 Å². The summed E-state index contributed by atoms with van der Waals surface area (Å²) in [6, 6.07) is 15.4. The van der Waals surface area contributed by atoms with E-state index in [2.05, 4.69) is 18.9 Å². The number of para-hydroxylation sites is 1. The number of hydrogen-bond acceptors (Lipinski definition) is 9. The molecule has 0 aliphatic heterocycles. The van der Waals surface area contributed by atoms with E-state index in [4.69, 9.17) is 24.5 Å². The number of nitriles is 1. The van der Waals surface area contributed by atoms with Crippen molar-refractivity contribution >= 4 is 22.8 Å². The lowest BCUT2D eigenvalue weighted by Gasteiger charge is -2.18. The zero-order valence-electron chi connectivity index (χ0n) is 24.1. The average Bonchev–Trinajstić information content (AvgIpc) is 2.96. The monoisotopic (exact) mass is 569 g/mol. The van der Waals surface area contributed by atoms with Gasteiger partial charge in [0.15, 0.2) is 18.2 Å². The Bertz CT molecular complexity index is 1770. The highest BCUT2D eigenvalue weighted by atomic mass is 16.6. The Morgan fingerprint density at radius 3 is 2.48 bits per heavy atom. The molecule has 0 N–H and O–H groups in total. The number of aryl methyl sites for hydroxylation is 1. The maximum absolute atomic E-state index is 13.8. The van der Waals surface area contributed by atoms with Gasteiger partial charge in [-0.1, -0.05) is 26.0 Å². The van der Waals surface area contributed by atoms with Crippen molar-refractivity contribution in [2.24, 2.45) is 5.10 Å². The van der Waals surface area contributed by atoms with Crippen molar-refractivity contribution in [1.82, 2.24) is 9.66 Å². The third-order valence-corrected chi connectivity index (χ3v) is 6.43. The van der Waals surface area contributed by atoms with Crippen molar-refractivity contribution in [2.75, 3.05) is 19.8 Å². The molecule has 3 aromatic carbocycles. The third kappa shape index (κ3) is 6.07. The Hall–Kier alpha value is -5.24. The number of nitro groups is 1. The summed E-state index contributed by atoms with van der Waals surface area (Å²) >= 11 is 0. The second-order valence-electron chi connectivity index (χ2n) is 9.61. The number of fused-ring (bicyclic) bond motifs is 1. The van der Waals surface area contributed by atoms with Crippen LogP contribution in [0.1, 0.15) is 50.3 Å². The first kappa shape index (κ1) is 29.7. The summed E-state index contributed by atoms with van der Waals surface area (Å²) in [6.45, 7) is 9.99. The van der Waals surface area contributed by atoms with Crippen LogP contribution < -0.4 is 19.8 Å². The molecule has 42 heavy (non-hydrogen) atoms. The van der Waals surface area contributed by atoms with Crippen molar-refractivity contribution < 1.29 is 19.1 Å². The van der Waals surface area contributed by atoms with E-state index in [0.29, 0.717) is 28.9 Å². The van der Waals surface area contributed by atoms with Gasteiger partial charge in [0.05, 0.1) is 35.3 Å². The molecule has 0 aliphatic rings. The maximum atomic E-state index is 13.8. The fourth-order valence-electron chi connectivity index (χ4n) is 4.53. The summed E-state index contributed by atoms with van der Waals surface area (Å²) in [5, 5.41) is 25.6. The molecule has 0 saturated heterocycles. The van der Waals surface area contributed by atoms with Crippen molar-refractivity contribution in [2.45, 2.75) is 40.5 Å². The Kier molecular flexibility index (Phi) is 9.17. The maximum Gasteiger partial charge on any atom is 0.315 e. The highest BCUT2D eigenvalue weighted by molar-refractivity contribution is 5.84. The van der Waals surface area contributed by atoms with Crippen LogP contribution in [0.25, 0.3) is 22.3 Å². The molecule has 0 saturated carbocycles. The quantitative estimate of drug-likeness (QED) is 0.122. The molecule has 11 heteroatoms. The van der Waals surface area contributed by atoms with E-state index in [1.165, 1.54) is 23.0 Å². The first-order valence-electron chi connectivity index (χ1n) is 13.5. The first-order chi connectivity index (χ1) is 20.2. The van der Waals surface area contributed by atoms with Gasteiger partial charge in [0.25, 0.3) is 5.56 Å². The molecule has 0 amide bonds. The van der Waals surface area contributed by atoms with Crippen LogP contribution in [0.3, 0.4) is 0 Å². The molecule has 0 bridgehead atoms. The van der Waals surface area contributed by atoms with Gasteiger partial charge in [0, 0.05) is 17.2 Å². The van der Waals surface area contributed by atoms with Gasteiger partial charge in [-0.15, -0.1) is 0 Å². The van der Waals surface area contributed by atoms with Crippen molar-refractivity contribution in [3.8, 4) is 34.7 Å². The van der Waals surface area contributed by atoms with Gasteiger partial charge in [-0.05, 0) is 68.1 Å². The normalized spacial score (nSPS) is 11.2.